The van der Waals surface area contributed by atoms with Gasteiger partial charge in [0.1, 0.15) is 5.75 Å². The Hall–Kier alpha value is -4.32. The van der Waals surface area contributed by atoms with Gasteiger partial charge in [-0.15, -0.1) is 0 Å². The fourth-order valence-electron chi connectivity index (χ4n) is 9.12. The van der Waals surface area contributed by atoms with Gasteiger partial charge in [0.15, 0.2) is 0 Å². The monoisotopic (exact) mass is 711 g/mol. The molecular formula is C41H53N5O6. The molecule has 278 valence electrons. The van der Waals surface area contributed by atoms with Crippen molar-refractivity contribution in [2.24, 2.45) is 23.2 Å². The molecule has 11 heteroatoms. The minimum atomic E-state index is -0.642. The number of carbonyl (C=O) groups is 2. The number of hydrogen-bond acceptors (Lipinski definition) is 8. The van der Waals surface area contributed by atoms with Crippen molar-refractivity contribution in [3.63, 3.8) is 0 Å². The first-order valence-corrected chi connectivity index (χ1v) is 18.4. The van der Waals surface area contributed by atoms with Gasteiger partial charge in [0.2, 0.25) is 5.91 Å². The average molecular weight is 712 g/mol. The molecule has 3 aromatic carbocycles. The number of para-hydroxylation sites is 1. The van der Waals surface area contributed by atoms with Crippen molar-refractivity contribution in [1.29, 1.82) is 0 Å². The molecule has 2 amide bonds. The van der Waals surface area contributed by atoms with E-state index in [9.17, 15) is 24.8 Å². The van der Waals surface area contributed by atoms with E-state index in [0.29, 0.717) is 72.5 Å². The molecule has 0 aromatic heterocycles. The van der Waals surface area contributed by atoms with Crippen LogP contribution in [-0.4, -0.2) is 90.2 Å². The van der Waals surface area contributed by atoms with Crippen LogP contribution in [0.4, 0.5) is 5.69 Å². The predicted octanol–water partition coefficient (Wildman–Crippen LogP) is 5.30. The summed E-state index contributed by atoms with van der Waals surface area (Å²) < 4.78 is 5.95. The predicted molar refractivity (Wildman–Crippen MR) is 201 cm³/mol. The van der Waals surface area contributed by atoms with Gasteiger partial charge in [-0.05, 0) is 80.1 Å². The zero-order valence-corrected chi connectivity index (χ0v) is 31.2. The number of hydrogen-bond donors (Lipinski definition) is 3. The second-order valence-electron chi connectivity index (χ2n) is 16.1. The maximum Gasteiger partial charge on any atom is 0.270 e. The van der Waals surface area contributed by atoms with E-state index in [-0.39, 0.29) is 29.2 Å². The quantitative estimate of drug-likeness (QED) is 0.161. The molecule has 7 atom stereocenters. The van der Waals surface area contributed by atoms with E-state index in [2.05, 4.69) is 31.4 Å². The summed E-state index contributed by atoms with van der Waals surface area (Å²) in [4.78, 5) is 43.1. The van der Waals surface area contributed by atoms with Crippen molar-refractivity contribution in [2.75, 3.05) is 34.3 Å². The Labute approximate surface area is 306 Å². The number of nitro benzene ring substituents is 1. The first-order valence-electron chi connectivity index (χ1n) is 18.4. The third kappa shape index (κ3) is 7.86. The molecule has 0 radical (unpaired) electrons. The molecule has 3 N–H and O–H groups in total. The molecule has 3 aliphatic carbocycles. The molecule has 1 saturated heterocycles. The van der Waals surface area contributed by atoms with E-state index >= 15 is 0 Å². The maximum atomic E-state index is 13.8. The summed E-state index contributed by atoms with van der Waals surface area (Å²) in [5, 5.41) is 29.3. The van der Waals surface area contributed by atoms with Crippen LogP contribution < -0.4 is 15.4 Å². The minimum absolute atomic E-state index is 0.0585. The highest BCUT2D eigenvalue weighted by atomic mass is 16.6. The zero-order chi connectivity index (χ0) is 37.3. The molecule has 3 saturated carbocycles. The number of fused-ring (bicyclic) bond motifs is 2. The van der Waals surface area contributed by atoms with Crippen molar-refractivity contribution < 1.29 is 24.4 Å². The Morgan fingerprint density at radius 3 is 2.48 bits per heavy atom. The summed E-state index contributed by atoms with van der Waals surface area (Å²) in [6.45, 7) is 8.19. The summed E-state index contributed by atoms with van der Waals surface area (Å²) in [5.41, 5.74) is 3.18. The molecule has 3 aromatic rings. The number of nitrogens with zero attached hydrogens (tertiary/aromatic N) is 3. The standard InChI is InChI=1S/C41H53N5O6/c1-25-35-19-30(41(35,2)3)20-36(25)43-40(49)37-21-33(47)24-45(37)22-27-13-10-14-34(38(27)52-6)28-16-29(18-32(17-28)46(50)51)39(48)42-31(23-44(4)5)15-26-11-8-7-9-12-26/h7-14,16-18,25,30-31,33,35-37,47H,15,19-24H2,1-6H3,(H,42,48)(H,43,49)/t25-,30-,31-,33-,35-,36-,37-/m0/s1. The number of ether oxygens (including phenoxy) is 1. The SMILES string of the molecule is COc1c(CN2C[C@@H](O)C[C@H]2C(=O)N[C@H]2C[C@@H]3C[C@@H]([C@@H]2C)C3(C)C)cccc1-c1cc(C(=O)N[C@@H](Cc2ccccc2)CN(C)C)cc([N+](=O)[O-])c1. The number of carbonyl (C=O) groups excluding carboxylic acids is 2. The molecule has 2 bridgehead atoms. The summed E-state index contributed by atoms with van der Waals surface area (Å²) in [6.07, 6.45) is 2.51. The Morgan fingerprint density at radius 1 is 1.08 bits per heavy atom. The van der Waals surface area contributed by atoms with Crippen molar-refractivity contribution >= 4 is 17.5 Å². The van der Waals surface area contributed by atoms with Gasteiger partial charge in [-0.3, -0.25) is 24.6 Å². The topological polar surface area (TPSA) is 137 Å². The Morgan fingerprint density at radius 2 is 1.83 bits per heavy atom. The minimum Gasteiger partial charge on any atom is -0.496 e. The van der Waals surface area contributed by atoms with Gasteiger partial charge in [0.05, 0.1) is 24.2 Å². The number of nitrogens with one attached hydrogen (secondary N) is 2. The lowest BCUT2D eigenvalue weighted by atomic mass is 9.45. The molecule has 1 heterocycles. The third-order valence-corrected chi connectivity index (χ3v) is 12.0. The lowest BCUT2D eigenvalue weighted by molar-refractivity contribution is -0.384. The van der Waals surface area contributed by atoms with Gasteiger partial charge in [-0.25, -0.2) is 0 Å². The number of nitro groups is 1. The molecule has 1 aliphatic heterocycles. The Bertz CT molecular complexity index is 1780. The molecule has 11 nitrogen and oxygen atoms in total. The van der Waals surface area contributed by atoms with Gasteiger partial charge >= 0.3 is 0 Å². The molecule has 0 spiro atoms. The van der Waals surface area contributed by atoms with Crippen LogP contribution in [0.3, 0.4) is 0 Å². The number of non-ortho nitro benzene ring substituents is 1. The summed E-state index contributed by atoms with van der Waals surface area (Å²) >= 11 is 0. The van der Waals surface area contributed by atoms with Crippen molar-refractivity contribution in [1.82, 2.24) is 20.4 Å². The van der Waals surface area contributed by atoms with Crippen molar-refractivity contribution in [2.45, 2.75) is 77.2 Å². The fraction of sp³-hybridized carbons (Fsp3) is 0.512. The zero-order valence-electron chi connectivity index (χ0n) is 31.2. The van der Waals surface area contributed by atoms with Gasteiger partial charge in [-0.1, -0.05) is 69.3 Å². The number of methoxy groups -OCH3 is 1. The number of β-amino-alcohol motifs (C(OH)–C–C–N with tert-alkyl or cyclic N) is 1. The Balaban J connectivity index is 1.23. The molecule has 52 heavy (non-hydrogen) atoms. The molecule has 4 fully saturated rings. The number of likely N-dealkylation sites (tertiary alicyclic amines) is 1. The number of aliphatic hydroxyl groups excluding tert-OH is 1. The molecule has 4 aliphatic rings. The maximum absolute atomic E-state index is 13.8. The summed E-state index contributed by atoms with van der Waals surface area (Å²) in [7, 11) is 5.42. The summed E-state index contributed by atoms with van der Waals surface area (Å²) in [6, 6.07) is 19.3. The average Bonchev–Trinajstić information content (AvgIpc) is 3.48. The van der Waals surface area contributed by atoms with E-state index in [1.54, 1.807) is 13.2 Å². The highest BCUT2D eigenvalue weighted by Crippen LogP contribution is 2.61. The van der Waals surface area contributed by atoms with E-state index in [4.69, 9.17) is 4.74 Å². The van der Waals surface area contributed by atoms with Crippen LogP contribution in [0.2, 0.25) is 0 Å². The Kier molecular flexibility index (Phi) is 11.0. The largest absolute Gasteiger partial charge is 0.496 e. The highest BCUT2D eigenvalue weighted by molar-refractivity contribution is 5.97. The lowest BCUT2D eigenvalue weighted by Gasteiger charge is -2.62. The number of likely N-dealkylation sites (N-methyl/N-ethyl adjacent to an activating group) is 1. The van der Waals surface area contributed by atoms with Gasteiger partial charge in [-0.2, -0.15) is 0 Å². The molecular weight excluding hydrogens is 658 g/mol. The van der Waals surface area contributed by atoms with E-state index in [1.807, 2.05) is 72.4 Å². The normalized spacial score (nSPS) is 25.6. The number of benzene rings is 3. The van der Waals surface area contributed by atoms with Gasteiger partial charge in [0, 0.05) is 60.5 Å². The van der Waals surface area contributed by atoms with Crippen molar-refractivity contribution in [3.05, 3.63) is 93.5 Å². The fourth-order valence-corrected chi connectivity index (χ4v) is 9.12. The van der Waals surface area contributed by atoms with Gasteiger partial charge < -0.3 is 25.4 Å². The van der Waals surface area contributed by atoms with Crippen LogP contribution in [0, 0.1) is 33.3 Å². The van der Waals surface area contributed by atoms with E-state index in [1.165, 1.54) is 18.6 Å². The van der Waals surface area contributed by atoms with Crippen LogP contribution in [0.15, 0.2) is 66.7 Å². The number of amides is 2. The first kappa shape index (κ1) is 37.4. The number of rotatable bonds is 13. The van der Waals surface area contributed by atoms with Crippen molar-refractivity contribution in [3.8, 4) is 16.9 Å². The van der Waals surface area contributed by atoms with Crippen LogP contribution in [-0.2, 0) is 17.8 Å². The number of aliphatic hydroxyl groups is 1. The van der Waals surface area contributed by atoms with E-state index in [0.717, 1.165) is 17.5 Å². The van der Waals surface area contributed by atoms with E-state index < -0.39 is 23.0 Å². The molecule has 0 unspecified atom stereocenters. The second kappa shape index (κ2) is 15.3. The summed E-state index contributed by atoms with van der Waals surface area (Å²) in [5.74, 6) is 1.64. The second-order valence-corrected chi connectivity index (χ2v) is 16.1. The smallest absolute Gasteiger partial charge is 0.270 e. The van der Waals surface area contributed by atoms with Crippen LogP contribution in [0.5, 0.6) is 5.75 Å². The first-order chi connectivity index (χ1) is 24.7. The van der Waals surface area contributed by atoms with Gasteiger partial charge in [0.25, 0.3) is 11.6 Å². The third-order valence-electron chi connectivity index (χ3n) is 12.0. The lowest BCUT2D eigenvalue weighted by Crippen LogP contribution is -2.61. The van der Waals surface area contributed by atoms with Crippen LogP contribution in [0.1, 0.15) is 61.5 Å². The molecule has 7 rings (SSSR count). The van der Waals surface area contributed by atoms with Crippen LogP contribution in [0.25, 0.3) is 11.1 Å². The van der Waals surface area contributed by atoms with Crippen LogP contribution >= 0.6 is 0 Å². The highest BCUT2D eigenvalue weighted by Gasteiger charge is 2.56.